The number of carboxylic acid groups (broad SMARTS) is 1. The van der Waals surface area contributed by atoms with Gasteiger partial charge in [-0.3, -0.25) is 0 Å². The van der Waals surface area contributed by atoms with Crippen molar-refractivity contribution in [2.45, 2.75) is 26.2 Å². The Morgan fingerprint density at radius 2 is 2.12 bits per heavy atom. The minimum absolute atomic E-state index is 0.171. The molecule has 0 heterocycles. The van der Waals surface area contributed by atoms with E-state index in [1.54, 1.807) is 6.07 Å². The van der Waals surface area contributed by atoms with E-state index in [1.165, 1.54) is 18.9 Å². The van der Waals surface area contributed by atoms with Gasteiger partial charge >= 0.3 is 5.97 Å². The van der Waals surface area contributed by atoms with Crippen molar-refractivity contribution in [3.63, 3.8) is 0 Å². The van der Waals surface area contributed by atoms with Crippen LogP contribution >= 0.6 is 0 Å². The highest BCUT2D eigenvalue weighted by Gasteiger charge is 2.13. The minimum atomic E-state index is -0.980. The third-order valence-electron chi connectivity index (χ3n) is 2.82. The second-order valence-corrected chi connectivity index (χ2v) is 4.17. The van der Waals surface area contributed by atoms with E-state index in [0.29, 0.717) is 5.69 Å². The van der Waals surface area contributed by atoms with Crippen molar-refractivity contribution in [2.75, 3.05) is 24.2 Å². The summed E-state index contributed by atoms with van der Waals surface area (Å²) in [4.78, 5) is 13.0. The Balaban J connectivity index is 2.83. The Labute approximate surface area is 102 Å². The van der Waals surface area contributed by atoms with Gasteiger partial charge in [-0.1, -0.05) is 25.8 Å². The summed E-state index contributed by atoms with van der Waals surface area (Å²) in [6, 6.07) is 5.11. The number of hydrogen-bond acceptors (Lipinski definition) is 3. The highest BCUT2D eigenvalue weighted by atomic mass is 16.4. The number of rotatable bonds is 6. The molecule has 0 saturated carbocycles. The Hall–Kier alpha value is -1.71. The number of aromatic carboxylic acids is 1. The third-order valence-corrected chi connectivity index (χ3v) is 2.82. The molecule has 0 unspecified atom stereocenters. The number of para-hydroxylation sites is 1. The van der Waals surface area contributed by atoms with E-state index in [2.05, 4.69) is 6.92 Å². The van der Waals surface area contributed by atoms with Crippen LogP contribution in [0.15, 0.2) is 18.2 Å². The van der Waals surface area contributed by atoms with Crippen molar-refractivity contribution in [1.29, 1.82) is 0 Å². The summed E-state index contributed by atoms with van der Waals surface area (Å²) in [7, 11) is 1.94. The lowest BCUT2D eigenvalue weighted by Crippen LogP contribution is -2.20. The lowest BCUT2D eigenvalue weighted by Gasteiger charge is -2.21. The molecule has 94 valence electrons. The summed E-state index contributed by atoms with van der Waals surface area (Å²) >= 11 is 0. The van der Waals surface area contributed by atoms with Crippen LogP contribution < -0.4 is 10.6 Å². The fourth-order valence-corrected chi connectivity index (χ4v) is 1.79. The molecule has 1 aromatic rings. The Bertz CT molecular complexity index is 391. The molecule has 0 spiro atoms. The maximum Gasteiger partial charge on any atom is 0.337 e. The van der Waals surface area contributed by atoms with Gasteiger partial charge in [-0.15, -0.1) is 0 Å². The summed E-state index contributed by atoms with van der Waals surface area (Å²) in [6.07, 6.45) is 3.42. The van der Waals surface area contributed by atoms with Crippen LogP contribution in [0.3, 0.4) is 0 Å². The average molecular weight is 236 g/mol. The van der Waals surface area contributed by atoms with E-state index < -0.39 is 5.97 Å². The summed E-state index contributed by atoms with van der Waals surface area (Å²) in [5.41, 5.74) is 7.18. The van der Waals surface area contributed by atoms with Gasteiger partial charge in [0.1, 0.15) is 0 Å². The van der Waals surface area contributed by atoms with Gasteiger partial charge in [0, 0.05) is 13.6 Å². The summed E-state index contributed by atoms with van der Waals surface area (Å²) < 4.78 is 0. The molecule has 0 aliphatic heterocycles. The topological polar surface area (TPSA) is 66.6 Å². The molecule has 0 atom stereocenters. The normalized spacial score (nSPS) is 10.2. The van der Waals surface area contributed by atoms with Gasteiger partial charge in [0.05, 0.1) is 16.9 Å². The van der Waals surface area contributed by atoms with Crippen LogP contribution in [-0.2, 0) is 0 Å². The highest BCUT2D eigenvalue weighted by molar-refractivity contribution is 5.97. The molecule has 1 aromatic carbocycles. The smallest absolute Gasteiger partial charge is 0.337 e. The van der Waals surface area contributed by atoms with E-state index in [9.17, 15) is 4.79 Å². The Morgan fingerprint density at radius 1 is 1.41 bits per heavy atom. The summed E-state index contributed by atoms with van der Waals surface area (Å²) in [5.74, 6) is -0.980. The van der Waals surface area contributed by atoms with E-state index in [-0.39, 0.29) is 5.56 Å². The van der Waals surface area contributed by atoms with Crippen molar-refractivity contribution in [3.8, 4) is 0 Å². The number of nitrogens with two attached hydrogens (primary N) is 1. The first-order valence-corrected chi connectivity index (χ1v) is 5.90. The molecule has 0 saturated heterocycles. The molecule has 0 bridgehead atoms. The van der Waals surface area contributed by atoms with Crippen molar-refractivity contribution in [1.82, 2.24) is 0 Å². The monoisotopic (exact) mass is 236 g/mol. The molecule has 0 aromatic heterocycles. The second-order valence-electron chi connectivity index (χ2n) is 4.17. The molecule has 0 amide bonds. The minimum Gasteiger partial charge on any atom is -0.478 e. The van der Waals surface area contributed by atoms with Gasteiger partial charge < -0.3 is 15.7 Å². The molecule has 0 radical (unpaired) electrons. The first-order valence-electron chi connectivity index (χ1n) is 5.90. The number of benzene rings is 1. The number of carbonyl (C=O) groups is 1. The van der Waals surface area contributed by atoms with Crippen LogP contribution in [0.2, 0.25) is 0 Å². The molecular formula is C13H20N2O2. The Kier molecular flexibility index (Phi) is 4.82. The lowest BCUT2D eigenvalue weighted by molar-refractivity contribution is 0.0698. The van der Waals surface area contributed by atoms with Gasteiger partial charge in [0.2, 0.25) is 0 Å². The second kappa shape index (κ2) is 6.13. The largest absolute Gasteiger partial charge is 0.478 e. The Morgan fingerprint density at radius 3 is 2.71 bits per heavy atom. The number of unbranched alkanes of at least 4 members (excludes halogenated alkanes) is 2. The number of nitrogens with zero attached hydrogens (tertiary/aromatic N) is 1. The van der Waals surface area contributed by atoms with Crippen LogP contribution in [0.1, 0.15) is 36.5 Å². The van der Waals surface area contributed by atoms with Crippen molar-refractivity contribution in [3.05, 3.63) is 23.8 Å². The first kappa shape index (κ1) is 13.4. The van der Waals surface area contributed by atoms with E-state index in [1.807, 2.05) is 18.0 Å². The molecule has 1 rings (SSSR count). The number of carboxylic acids is 1. The maximum absolute atomic E-state index is 11.0. The number of nitrogen functional groups attached to an aromatic ring is 1. The number of anilines is 2. The van der Waals surface area contributed by atoms with Crippen molar-refractivity contribution >= 4 is 17.3 Å². The van der Waals surface area contributed by atoms with Gasteiger partial charge in [-0.05, 0) is 18.6 Å². The molecular weight excluding hydrogens is 216 g/mol. The van der Waals surface area contributed by atoms with Crippen LogP contribution in [-0.4, -0.2) is 24.7 Å². The number of hydrogen-bond donors (Lipinski definition) is 2. The van der Waals surface area contributed by atoms with Crippen LogP contribution in [0.25, 0.3) is 0 Å². The van der Waals surface area contributed by atoms with Crippen LogP contribution in [0.5, 0.6) is 0 Å². The molecule has 0 fully saturated rings. The maximum atomic E-state index is 11.0. The van der Waals surface area contributed by atoms with Crippen molar-refractivity contribution < 1.29 is 9.90 Å². The fourth-order valence-electron chi connectivity index (χ4n) is 1.79. The SMILES string of the molecule is CCCCCN(C)c1cccc(C(=O)O)c1N. The summed E-state index contributed by atoms with van der Waals surface area (Å²) in [6.45, 7) is 3.04. The molecule has 3 N–H and O–H groups in total. The summed E-state index contributed by atoms with van der Waals surface area (Å²) in [5, 5.41) is 8.99. The van der Waals surface area contributed by atoms with E-state index in [0.717, 1.165) is 18.7 Å². The fraction of sp³-hybridized carbons (Fsp3) is 0.462. The van der Waals surface area contributed by atoms with Gasteiger partial charge in [0.15, 0.2) is 0 Å². The predicted octanol–water partition coefficient (Wildman–Crippen LogP) is 2.59. The van der Waals surface area contributed by atoms with E-state index in [4.69, 9.17) is 10.8 Å². The van der Waals surface area contributed by atoms with E-state index >= 15 is 0 Å². The van der Waals surface area contributed by atoms with Gasteiger partial charge in [-0.2, -0.15) is 0 Å². The quantitative estimate of drug-likeness (QED) is 0.588. The lowest BCUT2D eigenvalue weighted by atomic mass is 10.1. The first-order chi connectivity index (χ1) is 8.07. The van der Waals surface area contributed by atoms with Crippen LogP contribution in [0, 0.1) is 0 Å². The molecule has 17 heavy (non-hydrogen) atoms. The van der Waals surface area contributed by atoms with Crippen molar-refractivity contribution in [2.24, 2.45) is 0 Å². The molecule has 0 aliphatic rings. The van der Waals surface area contributed by atoms with Gasteiger partial charge in [0.25, 0.3) is 0 Å². The zero-order valence-corrected chi connectivity index (χ0v) is 10.4. The predicted molar refractivity (Wildman–Crippen MR) is 70.6 cm³/mol. The standard InChI is InChI=1S/C13H20N2O2/c1-3-4-5-9-15(2)11-8-6-7-10(12(11)14)13(16)17/h6-8H,3-5,9,14H2,1-2H3,(H,16,17). The highest BCUT2D eigenvalue weighted by Crippen LogP contribution is 2.26. The van der Waals surface area contributed by atoms with Gasteiger partial charge in [-0.25, -0.2) is 4.79 Å². The zero-order valence-electron chi connectivity index (χ0n) is 10.4. The van der Waals surface area contributed by atoms with Crippen LogP contribution in [0.4, 0.5) is 11.4 Å². The zero-order chi connectivity index (χ0) is 12.8. The average Bonchev–Trinajstić information content (AvgIpc) is 2.29. The third kappa shape index (κ3) is 3.37. The molecule has 4 nitrogen and oxygen atoms in total. The molecule has 0 aliphatic carbocycles. The molecule has 4 heteroatoms.